The molecule has 1 aliphatic carbocycles. The lowest BCUT2D eigenvalue weighted by Crippen LogP contribution is -2.32. The van der Waals surface area contributed by atoms with E-state index in [-0.39, 0.29) is 5.41 Å². The third-order valence-corrected chi connectivity index (χ3v) is 4.38. The zero-order valence-electron chi connectivity index (χ0n) is 9.10. The Morgan fingerprint density at radius 3 is 2.12 bits per heavy atom. The second-order valence-electron chi connectivity index (χ2n) is 4.34. The number of rotatable bonds is 2. The minimum absolute atomic E-state index is 0.309. The summed E-state index contributed by atoms with van der Waals surface area (Å²) in [5, 5.41) is 9.15. The molecule has 1 fully saturated rings. The highest BCUT2D eigenvalue weighted by Gasteiger charge is 2.38. The first-order valence-corrected chi connectivity index (χ1v) is 7.09. The summed E-state index contributed by atoms with van der Waals surface area (Å²) in [6.45, 7) is 0. The van der Waals surface area contributed by atoms with Crippen molar-refractivity contribution >= 4 is 9.84 Å². The van der Waals surface area contributed by atoms with Gasteiger partial charge in [0.2, 0.25) is 0 Å². The van der Waals surface area contributed by atoms with E-state index < -0.39 is 9.84 Å². The standard InChI is InChI=1S/C12H13NO2S/c1-16(14,15)11-5-3-10(4-6-11)12(9-13)7-2-8-12/h3-6H,2,7-8H2,1H3. The van der Waals surface area contributed by atoms with Gasteiger partial charge in [-0.15, -0.1) is 0 Å². The lowest BCUT2D eigenvalue weighted by atomic mass is 9.66. The van der Waals surface area contributed by atoms with Crippen LogP contribution in [-0.4, -0.2) is 14.7 Å². The fraction of sp³-hybridized carbons (Fsp3) is 0.417. The Kier molecular flexibility index (Phi) is 2.51. The first kappa shape index (κ1) is 11.2. The van der Waals surface area contributed by atoms with E-state index in [9.17, 15) is 8.42 Å². The van der Waals surface area contributed by atoms with E-state index >= 15 is 0 Å². The van der Waals surface area contributed by atoms with Crippen LogP contribution in [-0.2, 0) is 15.3 Å². The largest absolute Gasteiger partial charge is 0.224 e. The SMILES string of the molecule is CS(=O)(=O)c1ccc(C2(C#N)CCC2)cc1. The summed E-state index contributed by atoms with van der Waals surface area (Å²) in [5.74, 6) is 0. The van der Waals surface area contributed by atoms with E-state index in [1.54, 1.807) is 24.3 Å². The molecule has 1 aromatic rings. The number of hydrogen-bond acceptors (Lipinski definition) is 3. The second-order valence-corrected chi connectivity index (χ2v) is 6.36. The minimum atomic E-state index is -3.14. The molecule has 0 aromatic heterocycles. The van der Waals surface area contributed by atoms with Gasteiger partial charge >= 0.3 is 0 Å². The summed E-state index contributed by atoms with van der Waals surface area (Å²) >= 11 is 0. The predicted octanol–water partition coefficient (Wildman–Crippen LogP) is 2.04. The molecule has 0 amide bonds. The average Bonchev–Trinajstić information content (AvgIpc) is 2.16. The van der Waals surface area contributed by atoms with E-state index in [0.29, 0.717) is 4.90 Å². The van der Waals surface area contributed by atoms with Crippen molar-refractivity contribution in [3.05, 3.63) is 29.8 Å². The molecule has 84 valence electrons. The molecule has 0 N–H and O–H groups in total. The van der Waals surface area contributed by atoms with Crippen molar-refractivity contribution < 1.29 is 8.42 Å². The number of nitrogens with zero attached hydrogens (tertiary/aromatic N) is 1. The molecule has 0 heterocycles. The van der Waals surface area contributed by atoms with Crippen LogP contribution in [0, 0.1) is 11.3 Å². The molecule has 2 rings (SSSR count). The summed E-state index contributed by atoms with van der Waals surface area (Å²) in [6, 6.07) is 9.04. The lowest BCUT2D eigenvalue weighted by Gasteiger charge is -2.35. The van der Waals surface area contributed by atoms with Gasteiger partial charge in [0.1, 0.15) is 0 Å². The molecule has 0 aliphatic heterocycles. The zero-order chi connectivity index (χ0) is 11.8. The van der Waals surface area contributed by atoms with Gasteiger partial charge in [0.05, 0.1) is 16.4 Å². The molecule has 0 unspecified atom stereocenters. The molecule has 1 aromatic carbocycles. The number of hydrogen-bond donors (Lipinski definition) is 0. The van der Waals surface area contributed by atoms with E-state index in [1.165, 1.54) is 6.26 Å². The highest BCUT2D eigenvalue weighted by Crippen LogP contribution is 2.43. The second kappa shape index (κ2) is 3.60. The average molecular weight is 235 g/mol. The number of benzene rings is 1. The fourth-order valence-electron chi connectivity index (χ4n) is 2.02. The molecule has 0 bridgehead atoms. The Hall–Kier alpha value is -1.34. The van der Waals surface area contributed by atoms with Gasteiger partial charge in [-0.2, -0.15) is 5.26 Å². The van der Waals surface area contributed by atoms with E-state index in [1.807, 2.05) is 0 Å². The summed E-state index contributed by atoms with van der Waals surface area (Å²) in [7, 11) is -3.14. The molecule has 16 heavy (non-hydrogen) atoms. The molecule has 3 nitrogen and oxygen atoms in total. The van der Waals surface area contributed by atoms with Crippen LogP contribution in [0.4, 0.5) is 0 Å². The first-order valence-electron chi connectivity index (χ1n) is 5.20. The Labute approximate surface area is 95.6 Å². The molecular weight excluding hydrogens is 222 g/mol. The quantitative estimate of drug-likeness (QED) is 0.788. The van der Waals surface area contributed by atoms with Crippen molar-refractivity contribution in [2.75, 3.05) is 6.26 Å². The van der Waals surface area contributed by atoms with Gasteiger partial charge < -0.3 is 0 Å². The van der Waals surface area contributed by atoms with Crippen LogP contribution in [0.2, 0.25) is 0 Å². The minimum Gasteiger partial charge on any atom is -0.224 e. The lowest BCUT2D eigenvalue weighted by molar-refractivity contribution is 0.324. The number of nitriles is 1. The van der Waals surface area contributed by atoms with Crippen LogP contribution < -0.4 is 0 Å². The summed E-state index contributed by atoms with van der Waals surface area (Å²) in [5.41, 5.74) is 0.574. The van der Waals surface area contributed by atoms with Crippen LogP contribution >= 0.6 is 0 Å². The molecule has 1 aliphatic rings. The van der Waals surface area contributed by atoms with Crippen molar-refractivity contribution in [2.24, 2.45) is 0 Å². The summed E-state index contributed by atoms with van der Waals surface area (Å²) in [6.07, 6.45) is 4.01. The molecular formula is C12H13NO2S. The smallest absolute Gasteiger partial charge is 0.175 e. The Balaban J connectivity index is 2.37. The maximum absolute atomic E-state index is 11.3. The molecule has 0 saturated heterocycles. The maximum atomic E-state index is 11.3. The molecule has 0 atom stereocenters. The number of sulfone groups is 1. The maximum Gasteiger partial charge on any atom is 0.175 e. The van der Waals surface area contributed by atoms with Crippen molar-refractivity contribution in [1.82, 2.24) is 0 Å². The summed E-state index contributed by atoms with van der Waals surface area (Å²) < 4.78 is 22.6. The molecule has 1 saturated carbocycles. The normalized spacial score (nSPS) is 18.5. The van der Waals surface area contributed by atoms with E-state index in [2.05, 4.69) is 6.07 Å². The van der Waals surface area contributed by atoms with E-state index in [0.717, 1.165) is 24.8 Å². The van der Waals surface area contributed by atoms with E-state index in [4.69, 9.17) is 5.26 Å². The summed E-state index contributed by atoms with van der Waals surface area (Å²) in [4.78, 5) is 0.309. The third kappa shape index (κ3) is 1.72. The van der Waals surface area contributed by atoms with Gasteiger partial charge in [-0.25, -0.2) is 8.42 Å². The zero-order valence-corrected chi connectivity index (χ0v) is 9.92. The predicted molar refractivity (Wildman–Crippen MR) is 60.7 cm³/mol. The Morgan fingerprint density at radius 1 is 1.25 bits per heavy atom. The first-order chi connectivity index (χ1) is 7.48. The van der Waals surface area contributed by atoms with Gasteiger partial charge in [-0.3, -0.25) is 0 Å². The van der Waals surface area contributed by atoms with Gasteiger partial charge in [-0.1, -0.05) is 12.1 Å². The fourth-order valence-corrected chi connectivity index (χ4v) is 2.65. The van der Waals surface area contributed by atoms with Gasteiger partial charge in [0, 0.05) is 6.26 Å². The van der Waals surface area contributed by atoms with Crippen molar-refractivity contribution in [3.8, 4) is 6.07 Å². The Bertz CT molecular complexity index is 533. The van der Waals surface area contributed by atoms with Crippen LogP contribution in [0.1, 0.15) is 24.8 Å². The van der Waals surface area contributed by atoms with Crippen LogP contribution in [0.3, 0.4) is 0 Å². The van der Waals surface area contributed by atoms with Crippen molar-refractivity contribution in [2.45, 2.75) is 29.6 Å². The molecule has 0 spiro atoms. The molecule has 4 heteroatoms. The monoisotopic (exact) mass is 235 g/mol. The molecule has 0 radical (unpaired) electrons. The van der Waals surface area contributed by atoms with Crippen LogP contribution in [0.5, 0.6) is 0 Å². The van der Waals surface area contributed by atoms with Gasteiger partial charge in [0.15, 0.2) is 9.84 Å². The highest BCUT2D eigenvalue weighted by molar-refractivity contribution is 7.90. The van der Waals surface area contributed by atoms with Crippen LogP contribution in [0.15, 0.2) is 29.2 Å². The topological polar surface area (TPSA) is 57.9 Å². The van der Waals surface area contributed by atoms with Gasteiger partial charge in [-0.05, 0) is 37.0 Å². The van der Waals surface area contributed by atoms with Crippen molar-refractivity contribution in [1.29, 1.82) is 5.26 Å². The Morgan fingerprint density at radius 2 is 1.81 bits per heavy atom. The van der Waals surface area contributed by atoms with Crippen LogP contribution in [0.25, 0.3) is 0 Å². The van der Waals surface area contributed by atoms with Gasteiger partial charge in [0.25, 0.3) is 0 Å². The third-order valence-electron chi connectivity index (χ3n) is 3.26. The highest BCUT2D eigenvalue weighted by atomic mass is 32.2. The van der Waals surface area contributed by atoms with Crippen molar-refractivity contribution in [3.63, 3.8) is 0 Å².